The zero-order valence-electron chi connectivity index (χ0n) is 16.2. The van der Waals surface area contributed by atoms with Crippen molar-refractivity contribution in [3.05, 3.63) is 41.6 Å². The molecule has 0 saturated carbocycles. The van der Waals surface area contributed by atoms with E-state index in [1.807, 2.05) is 19.9 Å². The largest absolute Gasteiger partial charge is 0.490 e. The van der Waals surface area contributed by atoms with Gasteiger partial charge in [0.15, 0.2) is 11.5 Å². The normalized spacial score (nSPS) is 14.8. The van der Waals surface area contributed by atoms with Crippen molar-refractivity contribution in [2.45, 2.75) is 20.3 Å². The van der Waals surface area contributed by atoms with Crippen LogP contribution in [0.2, 0.25) is 0 Å². The Morgan fingerprint density at radius 2 is 1.93 bits per heavy atom. The molecule has 2 rings (SSSR count). The second-order valence-corrected chi connectivity index (χ2v) is 5.82. The van der Waals surface area contributed by atoms with E-state index in [1.165, 1.54) is 13.2 Å². The van der Waals surface area contributed by atoms with Crippen molar-refractivity contribution in [1.29, 1.82) is 0 Å². The van der Waals surface area contributed by atoms with E-state index in [2.05, 4.69) is 16.6 Å². The predicted octanol–water partition coefficient (Wildman–Crippen LogP) is 2.28. The summed E-state index contributed by atoms with van der Waals surface area (Å²) in [6.07, 6.45) is 3.81. The molecule has 1 fully saturated rings. The average Bonchev–Trinajstić information content (AvgIpc) is 2.92. The topological polar surface area (TPSA) is 94.2 Å². The van der Waals surface area contributed by atoms with Crippen molar-refractivity contribution in [2.75, 3.05) is 26.9 Å². The third-order valence-electron chi connectivity index (χ3n) is 3.90. The zero-order chi connectivity index (χ0) is 20.7. The van der Waals surface area contributed by atoms with Gasteiger partial charge >= 0.3 is 12.0 Å². The van der Waals surface area contributed by atoms with Crippen molar-refractivity contribution in [1.82, 2.24) is 10.2 Å². The lowest BCUT2D eigenvalue weighted by Gasteiger charge is -2.16. The van der Waals surface area contributed by atoms with Crippen LogP contribution in [0.4, 0.5) is 4.79 Å². The van der Waals surface area contributed by atoms with E-state index in [9.17, 15) is 14.4 Å². The summed E-state index contributed by atoms with van der Waals surface area (Å²) < 4.78 is 15.9. The van der Waals surface area contributed by atoms with Crippen LogP contribution in [0.5, 0.6) is 11.5 Å². The summed E-state index contributed by atoms with van der Waals surface area (Å²) >= 11 is 0. The van der Waals surface area contributed by atoms with Crippen LogP contribution < -0.4 is 14.8 Å². The van der Waals surface area contributed by atoms with Gasteiger partial charge in [0.05, 0.1) is 20.3 Å². The van der Waals surface area contributed by atoms with E-state index in [0.29, 0.717) is 36.7 Å². The lowest BCUT2D eigenvalue weighted by atomic mass is 10.0. The summed E-state index contributed by atoms with van der Waals surface area (Å²) in [5.41, 5.74) is 1.55. The molecule has 1 N–H and O–H groups in total. The van der Waals surface area contributed by atoms with E-state index in [0.717, 1.165) is 10.5 Å². The number of carbonyl (C=O) groups is 3. The minimum absolute atomic E-state index is 0.0602. The van der Waals surface area contributed by atoms with Crippen LogP contribution in [0.3, 0.4) is 0 Å². The standard InChI is InChI=1S/C20H24N2O6/c1-5-8-14-9-13(11-16(27-6-2)18(14)28-7-3)10-15-19(24)22(20(25)21-15)12-17(23)26-4/h5,9-11H,1,6-8,12H2,2-4H3,(H,21,25)/b15-10+. The molecule has 0 spiro atoms. The Bertz CT molecular complexity index is 815. The van der Waals surface area contributed by atoms with Crippen LogP contribution in [0.15, 0.2) is 30.5 Å². The lowest BCUT2D eigenvalue weighted by molar-refractivity contribution is -0.143. The smallest absolute Gasteiger partial charge is 0.329 e. The number of amides is 3. The number of esters is 1. The lowest BCUT2D eigenvalue weighted by Crippen LogP contribution is -2.36. The van der Waals surface area contributed by atoms with Crippen LogP contribution in [0.25, 0.3) is 6.08 Å². The van der Waals surface area contributed by atoms with Gasteiger partial charge in [0.25, 0.3) is 5.91 Å². The van der Waals surface area contributed by atoms with Crippen LogP contribution in [0.1, 0.15) is 25.0 Å². The van der Waals surface area contributed by atoms with Gasteiger partial charge in [0.2, 0.25) is 0 Å². The number of methoxy groups -OCH3 is 1. The molecule has 3 amide bonds. The molecule has 8 nitrogen and oxygen atoms in total. The highest BCUT2D eigenvalue weighted by Gasteiger charge is 2.35. The van der Waals surface area contributed by atoms with Gasteiger partial charge in [-0.05, 0) is 44.0 Å². The fourth-order valence-electron chi connectivity index (χ4n) is 2.72. The van der Waals surface area contributed by atoms with Gasteiger partial charge in [-0.25, -0.2) is 9.69 Å². The Balaban J connectivity index is 2.41. The average molecular weight is 388 g/mol. The van der Waals surface area contributed by atoms with Crippen molar-refractivity contribution < 1.29 is 28.6 Å². The number of imide groups is 1. The van der Waals surface area contributed by atoms with Crippen molar-refractivity contribution in [3.8, 4) is 11.5 Å². The monoisotopic (exact) mass is 388 g/mol. The van der Waals surface area contributed by atoms with E-state index in [4.69, 9.17) is 9.47 Å². The van der Waals surface area contributed by atoms with Gasteiger partial charge in [-0.2, -0.15) is 0 Å². The van der Waals surface area contributed by atoms with Gasteiger partial charge in [0.1, 0.15) is 12.2 Å². The molecule has 1 aromatic rings. The highest BCUT2D eigenvalue weighted by molar-refractivity contribution is 6.15. The second kappa shape index (κ2) is 9.59. The molecule has 0 bridgehead atoms. The summed E-state index contributed by atoms with van der Waals surface area (Å²) in [6.45, 7) is 7.97. The van der Waals surface area contributed by atoms with E-state index < -0.39 is 24.5 Å². The first-order valence-corrected chi connectivity index (χ1v) is 8.89. The molecule has 150 valence electrons. The maximum atomic E-state index is 12.5. The first kappa shape index (κ1) is 21.0. The van der Waals surface area contributed by atoms with Crippen LogP contribution in [-0.2, 0) is 20.7 Å². The number of nitrogens with one attached hydrogen (secondary N) is 1. The second-order valence-electron chi connectivity index (χ2n) is 5.82. The maximum absolute atomic E-state index is 12.5. The van der Waals surface area contributed by atoms with Crippen LogP contribution in [0, 0.1) is 0 Å². The Morgan fingerprint density at radius 3 is 2.54 bits per heavy atom. The molecule has 0 radical (unpaired) electrons. The molecule has 28 heavy (non-hydrogen) atoms. The first-order valence-electron chi connectivity index (χ1n) is 8.89. The number of rotatable bonds is 9. The Labute approximate surface area is 163 Å². The molecule has 0 aromatic heterocycles. The Hall–Kier alpha value is -3.29. The minimum Gasteiger partial charge on any atom is -0.490 e. The summed E-state index contributed by atoms with van der Waals surface area (Å²) in [6, 6.07) is 2.89. The SMILES string of the molecule is C=CCc1cc(/C=C2/NC(=O)N(CC(=O)OC)C2=O)cc(OCC)c1OCC. The molecule has 1 aromatic carbocycles. The highest BCUT2D eigenvalue weighted by atomic mass is 16.5. The fraction of sp³-hybridized carbons (Fsp3) is 0.350. The molecule has 8 heteroatoms. The van der Waals surface area contributed by atoms with Gasteiger partial charge < -0.3 is 19.5 Å². The van der Waals surface area contributed by atoms with Gasteiger partial charge in [-0.1, -0.05) is 6.08 Å². The van der Waals surface area contributed by atoms with Gasteiger partial charge in [-0.3, -0.25) is 9.59 Å². The van der Waals surface area contributed by atoms with Crippen LogP contribution >= 0.6 is 0 Å². The Kier molecular flexibility index (Phi) is 7.20. The molecule has 1 saturated heterocycles. The number of ether oxygens (including phenoxy) is 3. The summed E-state index contributed by atoms with van der Waals surface area (Å²) in [4.78, 5) is 36.7. The maximum Gasteiger partial charge on any atom is 0.329 e. The molecule has 1 aliphatic rings. The minimum atomic E-state index is -0.683. The van der Waals surface area contributed by atoms with Gasteiger partial charge in [0, 0.05) is 5.56 Å². The third kappa shape index (κ3) is 4.70. The number of hydrogen-bond acceptors (Lipinski definition) is 6. The third-order valence-corrected chi connectivity index (χ3v) is 3.90. The molecule has 1 heterocycles. The van der Waals surface area contributed by atoms with Crippen molar-refractivity contribution >= 4 is 24.0 Å². The molecule has 0 unspecified atom stereocenters. The van der Waals surface area contributed by atoms with E-state index in [1.54, 1.807) is 12.1 Å². The number of urea groups is 1. The van der Waals surface area contributed by atoms with Crippen molar-refractivity contribution in [2.24, 2.45) is 0 Å². The quantitative estimate of drug-likeness (QED) is 0.302. The van der Waals surface area contributed by atoms with Gasteiger partial charge in [-0.15, -0.1) is 6.58 Å². The molecule has 1 aliphatic heterocycles. The Morgan fingerprint density at radius 1 is 1.21 bits per heavy atom. The summed E-state index contributed by atoms with van der Waals surface area (Å²) in [5, 5.41) is 2.47. The molecular formula is C20H24N2O6. The summed E-state index contributed by atoms with van der Waals surface area (Å²) in [7, 11) is 1.19. The highest BCUT2D eigenvalue weighted by Crippen LogP contribution is 2.34. The molecule has 0 atom stereocenters. The predicted molar refractivity (Wildman–Crippen MR) is 103 cm³/mol. The number of carbonyl (C=O) groups excluding carboxylic acids is 3. The fourth-order valence-corrected chi connectivity index (χ4v) is 2.72. The first-order chi connectivity index (χ1) is 13.4. The molecule has 0 aliphatic carbocycles. The van der Waals surface area contributed by atoms with Crippen molar-refractivity contribution in [3.63, 3.8) is 0 Å². The number of benzene rings is 1. The van der Waals surface area contributed by atoms with Crippen LogP contribution in [-0.4, -0.2) is 49.7 Å². The number of hydrogen-bond donors (Lipinski definition) is 1. The zero-order valence-corrected chi connectivity index (χ0v) is 16.2. The molecular weight excluding hydrogens is 364 g/mol. The van der Waals surface area contributed by atoms with E-state index in [-0.39, 0.29) is 5.70 Å². The summed E-state index contributed by atoms with van der Waals surface area (Å²) in [5.74, 6) is -0.121. The number of nitrogens with zero attached hydrogens (tertiary/aromatic N) is 1. The van der Waals surface area contributed by atoms with E-state index >= 15 is 0 Å². The number of allylic oxidation sites excluding steroid dienone is 1.